The number of aromatic nitrogens is 1. The first-order valence-electron chi connectivity index (χ1n) is 8.93. The maximum Gasteiger partial charge on any atom is 0.213 e. The Morgan fingerprint density at radius 2 is 2.28 bits per heavy atom. The van der Waals surface area contributed by atoms with Crippen LogP contribution in [0.3, 0.4) is 0 Å². The van der Waals surface area contributed by atoms with Gasteiger partial charge >= 0.3 is 0 Å². The Balaban J connectivity index is 1.60. The number of nitrogens with zero attached hydrogens (tertiary/aromatic N) is 2. The molecular formula is C18H30N4O3. The Bertz CT molecular complexity index is 514. The van der Waals surface area contributed by atoms with Crippen molar-refractivity contribution in [2.24, 2.45) is 4.99 Å². The molecule has 7 heteroatoms. The van der Waals surface area contributed by atoms with E-state index >= 15 is 0 Å². The number of hydrogen-bond acceptors (Lipinski definition) is 5. The Kier molecular flexibility index (Phi) is 8.48. The molecule has 0 aliphatic carbocycles. The summed E-state index contributed by atoms with van der Waals surface area (Å²) in [5.41, 5.74) is 1.07. The molecule has 25 heavy (non-hydrogen) atoms. The van der Waals surface area contributed by atoms with Crippen molar-refractivity contribution in [2.45, 2.75) is 45.4 Å². The first-order valence-corrected chi connectivity index (χ1v) is 8.93. The standard InChI is InChI=1S/C18H30N4O3/c1-14(2)25-17-6-5-15(11-21-17)12-22-18(19-3)20-8-4-9-24-16-7-10-23-13-16/h5-6,11,14,16H,4,7-10,12-13H2,1-3H3,(H2,19,20,22). The maximum atomic E-state index is 5.74. The van der Waals surface area contributed by atoms with E-state index in [1.54, 1.807) is 7.05 Å². The van der Waals surface area contributed by atoms with Gasteiger partial charge in [0.25, 0.3) is 0 Å². The fourth-order valence-electron chi connectivity index (χ4n) is 2.41. The fraction of sp³-hybridized carbons (Fsp3) is 0.667. The first-order chi connectivity index (χ1) is 12.2. The van der Waals surface area contributed by atoms with E-state index in [0.717, 1.165) is 50.7 Å². The molecule has 1 atom stereocenters. The molecule has 2 N–H and O–H groups in total. The monoisotopic (exact) mass is 350 g/mol. The molecule has 1 unspecified atom stereocenters. The van der Waals surface area contributed by atoms with Gasteiger partial charge in [-0.3, -0.25) is 4.99 Å². The molecule has 0 saturated carbocycles. The molecule has 1 aliphatic rings. The highest BCUT2D eigenvalue weighted by Crippen LogP contribution is 2.09. The third kappa shape index (κ3) is 7.70. The Labute approximate surface area is 150 Å². The van der Waals surface area contributed by atoms with Crippen molar-refractivity contribution >= 4 is 5.96 Å². The van der Waals surface area contributed by atoms with Gasteiger partial charge in [0.1, 0.15) is 0 Å². The summed E-state index contributed by atoms with van der Waals surface area (Å²) in [7, 11) is 1.76. The van der Waals surface area contributed by atoms with Crippen LogP contribution in [0, 0.1) is 0 Å². The summed E-state index contributed by atoms with van der Waals surface area (Å²) in [6.45, 7) is 7.72. The molecule has 1 aromatic rings. The van der Waals surface area contributed by atoms with E-state index < -0.39 is 0 Å². The van der Waals surface area contributed by atoms with Crippen LogP contribution in [0.5, 0.6) is 5.88 Å². The van der Waals surface area contributed by atoms with Crippen LogP contribution < -0.4 is 15.4 Å². The molecule has 2 heterocycles. The van der Waals surface area contributed by atoms with Gasteiger partial charge in [0.05, 0.1) is 18.8 Å². The maximum absolute atomic E-state index is 5.74. The van der Waals surface area contributed by atoms with Crippen molar-refractivity contribution in [1.82, 2.24) is 15.6 Å². The number of pyridine rings is 1. The molecule has 1 aliphatic heterocycles. The summed E-state index contributed by atoms with van der Waals surface area (Å²) in [6, 6.07) is 3.89. The molecule has 140 valence electrons. The van der Waals surface area contributed by atoms with E-state index in [1.807, 2.05) is 32.2 Å². The van der Waals surface area contributed by atoms with E-state index in [0.29, 0.717) is 12.4 Å². The molecule has 7 nitrogen and oxygen atoms in total. The minimum absolute atomic E-state index is 0.129. The third-order valence-corrected chi connectivity index (χ3v) is 3.69. The van der Waals surface area contributed by atoms with Gasteiger partial charge in [0, 0.05) is 45.6 Å². The minimum Gasteiger partial charge on any atom is -0.475 e. The molecule has 0 aromatic carbocycles. The summed E-state index contributed by atoms with van der Waals surface area (Å²) in [4.78, 5) is 8.52. The summed E-state index contributed by atoms with van der Waals surface area (Å²) in [5, 5.41) is 6.56. The second-order valence-corrected chi connectivity index (χ2v) is 6.23. The zero-order chi connectivity index (χ0) is 17.9. The van der Waals surface area contributed by atoms with Crippen LogP contribution in [0.2, 0.25) is 0 Å². The van der Waals surface area contributed by atoms with Gasteiger partial charge in [-0.25, -0.2) is 4.98 Å². The molecule has 0 bridgehead atoms. The molecule has 0 radical (unpaired) electrons. The van der Waals surface area contributed by atoms with E-state index in [2.05, 4.69) is 20.6 Å². The molecule has 0 spiro atoms. The van der Waals surface area contributed by atoms with E-state index in [1.165, 1.54) is 0 Å². The average Bonchev–Trinajstić information content (AvgIpc) is 3.11. The first kappa shape index (κ1) is 19.5. The lowest BCUT2D eigenvalue weighted by Gasteiger charge is -2.13. The molecule has 1 fully saturated rings. The predicted molar refractivity (Wildman–Crippen MR) is 98.0 cm³/mol. The highest BCUT2D eigenvalue weighted by molar-refractivity contribution is 5.79. The van der Waals surface area contributed by atoms with Crippen molar-refractivity contribution in [2.75, 3.05) is 33.4 Å². The number of nitrogens with one attached hydrogen (secondary N) is 2. The minimum atomic E-state index is 0.129. The van der Waals surface area contributed by atoms with E-state index in [-0.39, 0.29) is 12.2 Å². The highest BCUT2D eigenvalue weighted by atomic mass is 16.5. The zero-order valence-electron chi connectivity index (χ0n) is 15.5. The van der Waals surface area contributed by atoms with Crippen molar-refractivity contribution in [3.8, 4) is 5.88 Å². The molecule has 2 rings (SSSR count). The lowest BCUT2D eigenvalue weighted by molar-refractivity contribution is 0.0420. The highest BCUT2D eigenvalue weighted by Gasteiger charge is 2.15. The van der Waals surface area contributed by atoms with Crippen LogP contribution in [0.25, 0.3) is 0 Å². The predicted octanol–water partition coefficient (Wildman–Crippen LogP) is 1.73. The normalized spacial score (nSPS) is 17.8. The smallest absolute Gasteiger partial charge is 0.213 e. The number of rotatable bonds is 9. The van der Waals surface area contributed by atoms with Crippen molar-refractivity contribution in [3.63, 3.8) is 0 Å². The van der Waals surface area contributed by atoms with Gasteiger partial charge in [-0.05, 0) is 32.3 Å². The summed E-state index contributed by atoms with van der Waals surface area (Å²) >= 11 is 0. The van der Waals surface area contributed by atoms with Crippen molar-refractivity contribution in [1.29, 1.82) is 0 Å². The van der Waals surface area contributed by atoms with Crippen LogP contribution in [0.15, 0.2) is 23.3 Å². The Morgan fingerprint density at radius 1 is 1.40 bits per heavy atom. The summed E-state index contributed by atoms with van der Waals surface area (Å²) < 4.78 is 16.6. The largest absolute Gasteiger partial charge is 0.475 e. The number of aliphatic imine (C=N–C) groups is 1. The Morgan fingerprint density at radius 3 is 2.92 bits per heavy atom. The van der Waals surface area contributed by atoms with Gasteiger partial charge in [0.15, 0.2) is 5.96 Å². The number of ether oxygens (including phenoxy) is 3. The second-order valence-electron chi connectivity index (χ2n) is 6.23. The SMILES string of the molecule is CN=C(NCCCOC1CCOC1)NCc1ccc(OC(C)C)nc1. The number of hydrogen-bond donors (Lipinski definition) is 2. The van der Waals surface area contributed by atoms with Gasteiger partial charge in [0.2, 0.25) is 5.88 Å². The summed E-state index contributed by atoms with van der Waals surface area (Å²) in [5.74, 6) is 1.42. The molecule has 1 saturated heterocycles. The topological polar surface area (TPSA) is 77.0 Å². The average molecular weight is 350 g/mol. The van der Waals surface area contributed by atoms with Crippen LogP contribution in [0.1, 0.15) is 32.3 Å². The van der Waals surface area contributed by atoms with E-state index in [9.17, 15) is 0 Å². The zero-order valence-corrected chi connectivity index (χ0v) is 15.5. The number of guanidine groups is 1. The van der Waals surface area contributed by atoms with E-state index in [4.69, 9.17) is 14.2 Å². The second kappa shape index (κ2) is 10.9. The van der Waals surface area contributed by atoms with Crippen molar-refractivity contribution < 1.29 is 14.2 Å². The van der Waals surface area contributed by atoms with Crippen molar-refractivity contribution in [3.05, 3.63) is 23.9 Å². The molecule has 1 aromatic heterocycles. The van der Waals surface area contributed by atoms with Gasteiger partial charge in [-0.2, -0.15) is 0 Å². The van der Waals surface area contributed by atoms with Crippen LogP contribution in [0.4, 0.5) is 0 Å². The quantitative estimate of drug-likeness (QED) is 0.401. The lowest BCUT2D eigenvalue weighted by atomic mass is 10.3. The molecular weight excluding hydrogens is 320 g/mol. The van der Waals surface area contributed by atoms with Gasteiger partial charge in [-0.1, -0.05) is 6.07 Å². The molecule has 0 amide bonds. The third-order valence-electron chi connectivity index (χ3n) is 3.69. The fourth-order valence-corrected chi connectivity index (χ4v) is 2.41. The summed E-state index contributed by atoms with van der Waals surface area (Å²) in [6.07, 6.45) is 4.15. The van der Waals surface area contributed by atoms with Crippen LogP contribution >= 0.6 is 0 Å². The lowest BCUT2D eigenvalue weighted by Crippen LogP contribution is -2.37. The Hall–Kier alpha value is -1.86. The van der Waals surface area contributed by atoms with Crippen LogP contribution in [-0.2, 0) is 16.0 Å². The van der Waals surface area contributed by atoms with Crippen LogP contribution in [-0.4, -0.2) is 56.6 Å². The van der Waals surface area contributed by atoms with Gasteiger partial charge < -0.3 is 24.8 Å². The van der Waals surface area contributed by atoms with Gasteiger partial charge in [-0.15, -0.1) is 0 Å².